The lowest BCUT2D eigenvalue weighted by atomic mass is 10.0. The summed E-state index contributed by atoms with van der Waals surface area (Å²) in [5.74, 6) is 0. The fourth-order valence-corrected chi connectivity index (χ4v) is 1.66. The summed E-state index contributed by atoms with van der Waals surface area (Å²) in [5.41, 5.74) is 0. The van der Waals surface area contributed by atoms with Crippen LogP contribution in [-0.4, -0.2) is 25.3 Å². The van der Waals surface area contributed by atoms with Gasteiger partial charge in [-0.25, -0.2) is 0 Å². The van der Waals surface area contributed by atoms with Gasteiger partial charge in [-0.1, -0.05) is 0 Å². The van der Waals surface area contributed by atoms with Crippen LogP contribution in [0.3, 0.4) is 0 Å². The highest BCUT2D eigenvalue weighted by atomic mass is 16.5. The molecule has 0 spiro atoms. The van der Waals surface area contributed by atoms with E-state index in [1.54, 1.807) is 0 Å². The van der Waals surface area contributed by atoms with Crippen LogP contribution in [-0.2, 0) is 4.74 Å². The van der Waals surface area contributed by atoms with Crippen LogP contribution in [0.4, 0.5) is 0 Å². The predicted molar refractivity (Wildman–Crippen MR) is 51.3 cm³/mol. The van der Waals surface area contributed by atoms with Gasteiger partial charge in [0.1, 0.15) is 0 Å². The largest absolute Gasteiger partial charge is 0.378 e. The van der Waals surface area contributed by atoms with E-state index in [-0.39, 0.29) is 0 Å². The maximum absolute atomic E-state index is 8.35. The van der Waals surface area contributed by atoms with E-state index in [1.165, 1.54) is 0 Å². The van der Waals surface area contributed by atoms with E-state index in [4.69, 9.17) is 10.00 Å². The second-order valence-corrected chi connectivity index (χ2v) is 3.62. The van der Waals surface area contributed by atoms with Gasteiger partial charge < -0.3 is 10.1 Å². The standard InChI is InChI=1S/C10H18N2O/c1-9-8-10(4-7-13-9)12-6-3-2-5-11/h9-10,12H,2-4,6-8H2,1H3. The zero-order valence-corrected chi connectivity index (χ0v) is 8.25. The van der Waals surface area contributed by atoms with Crippen LogP contribution in [0.25, 0.3) is 0 Å². The Hall–Kier alpha value is -0.590. The van der Waals surface area contributed by atoms with Crippen molar-refractivity contribution in [3.8, 4) is 6.07 Å². The van der Waals surface area contributed by atoms with Crippen molar-refractivity contribution in [2.24, 2.45) is 0 Å². The molecule has 1 rings (SSSR count). The highest BCUT2D eigenvalue weighted by Gasteiger charge is 2.17. The smallest absolute Gasteiger partial charge is 0.0622 e. The van der Waals surface area contributed by atoms with Crippen molar-refractivity contribution in [2.75, 3.05) is 13.2 Å². The summed E-state index contributed by atoms with van der Waals surface area (Å²) in [5, 5.41) is 11.8. The number of hydrogen-bond donors (Lipinski definition) is 1. The number of nitrogens with one attached hydrogen (secondary N) is 1. The topological polar surface area (TPSA) is 45.0 Å². The Morgan fingerprint density at radius 3 is 3.15 bits per heavy atom. The molecule has 1 aliphatic rings. The molecule has 1 aliphatic heterocycles. The Morgan fingerprint density at radius 1 is 1.62 bits per heavy atom. The van der Waals surface area contributed by atoms with Crippen LogP contribution in [0, 0.1) is 11.3 Å². The van der Waals surface area contributed by atoms with E-state index in [0.29, 0.717) is 18.6 Å². The van der Waals surface area contributed by atoms with Crippen molar-refractivity contribution in [3.63, 3.8) is 0 Å². The minimum atomic E-state index is 0.391. The zero-order chi connectivity index (χ0) is 9.52. The highest BCUT2D eigenvalue weighted by Crippen LogP contribution is 2.12. The van der Waals surface area contributed by atoms with Gasteiger partial charge in [0.05, 0.1) is 12.2 Å². The SMILES string of the molecule is CC1CC(NCCCC#N)CCO1. The Labute approximate surface area is 80.1 Å². The average Bonchev–Trinajstić information content (AvgIpc) is 2.13. The van der Waals surface area contributed by atoms with E-state index in [1.807, 2.05) is 0 Å². The van der Waals surface area contributed by atoms with Gasteiger partial charge >= 0.3 is 0 Å². The van der Waals surface area contributed by atoms with E-state index in [9.17, 15) is 0 Å². The number of hydrogen-bond acceptors (Lipinski definition) is 3. The maximum Gasteiger partial charge on any atom is 0.0622 e. The summed E-state index contributed by atoms with van der Waals surface area (Å²) < 4.78 is 5.44. The van der Waals surface area contributed by atoms with Crippen LogP contribution < -0.4 is 5.32 Å². The summed E-state index contributed by atoms with van der Waals surface area (Å²) in [6.45, 7) is 3.95. The maximum atomic E-state index is 8.35. The lowest BCUT2D eigenvalue weighted by Crippen LogP contribution is -2.38. The first-order chi connectivity index (χ1) is 6.33. The summed E-state index contributed by atoms with van der Waals surface area (Å²) in [6.07, 6.45) is 4.22. The van der Waals surface area contributed by atoms with Gasteiger partial charge in [0.15, 0.2) is 0 Å². The molecule has 1 N–H and O–H groups in total. The number of nitriles is 1. The molecule has 0 aromatic heterocycles. The van der Waals surface area contributed by atoms with E-state index < -0.39 is 0 Å². The molecule has 1 heterocycles. The van der Waals surface area contributed by atoms with Crippen LogP contribution >= 0.6 is 0 Å². The van der Waals surface area contributed by atoms with Crippen LogP contribution in [0.1, 0.15) is 32.6 Å². The van der Waals surface area contributed by atoms with Crippen LogP contribution in [0.2, 0.25) is 0 Å². The van der Waals surface area contributed by atoms with Gasteiger partial charge in [0, 0.05) is 19.1 Å². The van der Waals surface area contributed by atoms with E-state index >= 15 is 0 Å². The molecule has 0 radical (unpaired) electrons. The molecule has 0 aliphatic carbocycles. The summed E-state index contributed by atoms with van der Waals surface area (Å²) >= 11 is 0. The van der Waals surface area contributed by atoms with Crippen LogP contribution in [0.5, 0.6) is 0 Å². The lowest BCUT2D eigenvalue weighted by Gasteiger charge is -2.27. The van der Waals surface area contributed by atoms with Gasteiger partial charge in [0.25, 0.3) is 0 Å². The quantitative estimate of drug-likeness (QED) is 0.669. The third-order valence-corrected chi connectivity index (χ3v) is 2.38. The molecule has 0 saturated carbocycles. The lowest BCUT2D eigenvalue weighted by molar-refractivity contribution is 0.0134. The minimum Gasteiger partial charge on any atom is -0.378 e. The molecule has 13 heavy (non-hydrogen) atoms. The van der Waals surface area contributed by atoms with E-state index in [2.05, 4.69) is 18.3 Å². The van der Waals surface area contributed by atoms with Crippen molar-refractivity contribution >= 4 is 0 Å². The fourth-order valence-electron chi connectivity index (χ4n) is 1.66. The molecule has 1 fully saturated rings. The predicted octanol–water partition coefficient (Wildman–Crippen LogP) is 1.45. The molecule has 0 amide bonds. The first-order valence-corrected chi connectivity index (χ1v) is 5.05. The minimum absolute atomic E-state index is 0.391. The van der Waals surface area contributed by atoms with Crippen molar-refractivity contribution < 1.29 is 4.74 Å². The Balaban J connectivity index is 2.04. The second kappa shape index (κ2) is 5.95. The third kappa shape index (κ3) is 4.25. The third-order valence-electron chi connectivity index (χ3n) is 2.38. The number of ether oxygens (including phenoxy) is 1. The van der Waals surface area contributed by atoms with Gasteiger partial charge in [0.2, 0.25) is 0 Å². The molecule has 3 nitrogen and oxygen atoms in total. The Kier molecular flexibility index (Phi) is 4.81. The normalized spacial score (nSPS) is 28.3. The number of unbranched alkanes of at least 4 members (excludes halogenated alkanes) is 1. The van der Waals surface area contributed by atoms with Crippen molar-refractivity contribution in [1.82, 2.24) is 5.32 Å². The average molecular weight is 182 g/mol. The molecule has 2 unspecified atom stereocenters. The molecule has 0 aromatic rings. The number of nitrogens with zero attached hydrogens (tertiary/aromatic N) is 1. The Morgan fingerprint density at radius 2 is 2.46 bits per heavy atom. The molecule has 3 heteroatoms. The molecular formula is C10H18N2O. The van der Waals surface area contributed by atoms with Crippen molar-refractivity contribution in [2.45, 2.75) is 44.8 Å². The molecule has 0 bridgehead atoms. The summed E-state index contributed by atoms with van der Waals surface area (Å²) in [7, 11) is 0. The van der Waals surface area contributed by atoms with Crippen molar-refractivity contribution in [3.05, 3.63) is 0 Å². The zero-order valence-electron chi connectivity index (χ0n) is 8.25. The first kappa shape index (κ1) is 10.5. The van der Waals surface area contributed by atoms with Crippen molar-refractivity contribution in [1.29, 1.82) is 5.26 Å². The molecule has 0 aromatic carbocycles. The first-order valence-electron chi connectivity index (χ1n) is 5.05. The number of rotatable bonds is 4. The van der Waals surface area contributed by atoms with Crippen LogP contribution in [0.15, 0.2) is 0 Å². The molecule has 1 saturated heterocycles. The summed E-state index contributed by atoms with van der Waals surface area (Å²) in [6, 6.07) is 2.75. The molecular weight excluding hydrogens is 164 g/mol. The van der Waals surface area contributed by atoms with Gasteiger partial charge in [-0.15, -0.1) is 0 Å². The van der Waals surface area contributed by atoms with E-state index in [0.717, 1.165) is 32.4 Å². The molecule has 74 valence electrons. The Bertz CT molecular complexity index is 176. The fraction of sp³-hybridized carbons (Fsp3) is 0.900. The van der Waals surface area contributed by atoms with Gasteiger partial charge in [-0.05, 0) is 32.7 Å². The second-order valence-electron chi connectivity index (χ2n) is 3.62. The van der Waals surface area contributed by atoms with Gasteiger partial charge in [-0.2, -0.15) is 5.26 Å². The van der Waals surface area contributed by atoms with Gasteiger partial charge in [-0.3, -0.25) is 0 Å². The highest BCUT2D eigenvalue weighted by molar-refractivity contribution is 4.75. The molecule has 2 atom stereocenters. The summed E-state index contributed by atoms with van der Waals surface area (Å²) in [4.78, 5) is 0. The monoisotopic (exact) mass is 182 g/mol.